The van der Waals surface area contributed by atoms with E-state index in [2.05, 4.69) is 165 Å². The lowest BCUT2D eigenvalue weighted by Gasteiger charge is -2.25. The van der Waals surface area contributed by atoms with Gasteiger partial charge in [0.2, 0.25) is 5.91 Å². The zero-order chi connectivity index (χ0) is 62.6. The molecule has 0 saturated heterocycles. The summed E-state index contributed by atoms with van der Waals surface area (Å²) in [5.74, 6) is -0.220. The molecule has 3 N–H and O–H groups in total. The second-order valence-electron chi connectivity index (χ2n) is 24.2. The highest BCUT2D eigenvalue weighted by atomic mass is 31.2. The van der Waals surface area contributed by atoms with Gasteiger partial charge in [0.1, 0.15) is 13.2 Å². The topological polar surface area (TPSA) is 105 Å². The number of rotatable bonds is 62. The molecule has 0 aromatic heterocycles. The Kier molecular flexibility index (Phi) is 62.6. The highest BCUT2D eigenvalue weighted by Crippen LogP contribution is 2.43. The number of allylic oxidation sites excluding steroid dienone is 25. The number of phosphoric acid groups is 1. The van der Waals surface area contributed by atoms with E-state index >= 15 is 0 Å². The number of unbranched alkanes of at least 4 members (excludes halogenated alkanes) is 25. The van der Waals surface area contributed by atoms with Gasteiger partial charge in [-0.15, -0.1) is 0 Å². The van der Waals surface area contributed by atoms with Crippen molar-refractivity contribution in [3.8, 4) is 0 Å². The first-order valence-corrected chi connectivity index (χ1v) is 36.4. The van der Waals surface area contributed by atoms with E-state index in [0.29, 0.717) is 17.4 Å². The second kappa shape index (κ2) is 65.6. The van der Waals surface area contributed by atoms with E-state index in [1.807, 2.05) is 27.2 Å². The number of nitrogens with zero attached hydrogens (tertiary/aromatic N) is 1. The smallest absolute Gasteiger partial charge is 0.387 e. The number of likely N-dealkylation sites (N-methyl/N-ethyl adjacent to an activating group) is 1. The highest BCUT2D eigenvalue weighted by molar-refractivity contribution is 7.47. The van der Waals surface area contributed by atoms with Crippen molar-refractivity contribution in [2.45, 2.75) is 283 Å². The summed E-state index contributed by atoms with van der Waals surface area (Å²) in [6.45, 7) is 4.65. The first kappa shape index (κ1) is 82.1. The fraction of sp³-hybridized carbons (Fsp3) is 0.649. The van der Waals surface area contributed by atoms with Crippen LogP contribution >= 0.6 is 7.82 Å². The van der Waals surface area contributed by atoms with Gasteiger partial charge in [0, 0.05) is 6.42 Å². The van der Waals surface area contributed by atoms with Crippen LogP contribution in [0, 0.1) is 0 Å². The van der Waals surface area contributed by atoms with E-state index in [1.165, 1.54) is 128 Å². The minimum absolute atomic E-state index is 0.0393. The van der Waals surface area contributed by atoms with E-state index in [4.69, 9.17) is 9.05 Å². The molecule has 0 rings (SSSR count). The van der Waals surface area contributed by atoms with Crippen LogP contribution in [0.4, 0.5) is 0 Å². The van der Waals surface area contributed by atoms with Gasteiger partial charge in [0.15, 0.2) is 0 Å². The van der Waals surface area contributed by atoms with Gasteiger partial charge in [0.05, 0.1) is 39.9 Å². The number of phosphoric ester groups is 1. The Labute approximate surface area is 531 Å². The number of aliphatic hydroxyl groups excluding tert-OH is 1. The van der Waals surface area contributed by atoms with Crippen molar-refractivity contribution in [2.24, 2.45) is 0 Å². The van der Waals surface area contributed by atoms with E-state index in [-0.39, 0.29) is 19.1 Å². The number of hydrogen-bond acceptors (Lipinski definition) is 5. The first-order valence-electron chi connectivity index (χ1n) is 34.9. The van der Waals surface area contributed by atoms with Gasteiger partial charge in [0.25, 0.3) is 0 Å². The zero-order valence-electron chi connectivity index (χ0n) is 56.0. The van der Waals surface area contributed by atoms with Gasteiger partial charge in [-0.3, -0.25) is 13.8 Å². The average Bonchev–Trinajstić information content (AvgIpc) is 3.70. The first-order chi connectivity index (χ1) is 42.0. The molecule has 0 aliphatic rings. The summed E-state index contributed by atoms with van der Waals surface area (Å²) in [5.41, 5.74) is 0. The van der Waals surface area contributed by atoms with Crippen LogP contribution in [-0.4, -0.2) is 73.4 Å². The maximum absolute atomic E-state index is 13.0. The molecule has 0 aromatic rings. The van der Waals surface area contributed by atoms with Gasteiger partial charge in [-0.2, -0.15) is 0 Å². The molecule has 490 valence electrons. The number of carbonyl (C=O) groups excluding carboxylic acids is 1. The second-order valence-corrected chi connectivity index (χ2v) is 25.6. The van der Waals surface area contributed by atoms with E-state index in [9.17, 15) is 19.4 Å². The molecule has 86 heavy (non-hydrogen) atoms. The molecule has 0 aliphatic heterocycles. The molecule has 0 aromatic carbocycles. The predicted octanol–water partition coefficient (Wildman–Crippen LogP) is 22.5. The third-order valence-electron chi connectivity index (χ3n) is 14.7. The zero-order valence-corrected chi connectivity index (χ0v) is 56.9. The van der Waals surface area contributed by atoms with E-state index in [1.54, 1.807) is 6.08 Å². The van der Waals surface area contributed by atoms with E-state index in [0.717, 1.165) is 122 Å². The highest BCUT2D eigenvalue weighted by Gasteiger charge is 2.28. The van der Waals surface area contributed by atoms with Crippen molar-refractivity contribution in [1.29, 1.82) is 0 Å². The Hall–Kier alpha value is -3.88. The van der Waals surface area contributed by atoms with E-state index < -0.39 is 20.0 Å². The molecule has 0 aliphatic carbocycles. The molecule has 3 unspecified atom stereocenters. The molecule has 0 radical (unpaired) electrons. The summed E-state index contributed by atoms with van der Waals surface area (Å²) in [6, 6.07) is -0.898. The number of aliphatic hydroxyl groups is 1. The largest absolute Gasteiger partial charge is 0.472 e. The summed E-state index contributed by atoms with van der Waals surface area (Å²) in [7, 11) is 1.51. The predicted molar refractivity (Wildman–Crippen MR) is 377 cm³/mol. The molecule has 0 saturated carbocycles. The lowest BCUT2D eigenvalue weighted by molar-refractivity contribution is -0.870. The van der Waals surface area contributed by atoms with Gasteiger partial charge in [-0.05, 0) is 122 Å². The van der Waals surface area contributed by atoms with Crippen LogP contribution in [0.15, 0.2) is 158 Å². The van der Waals surface area contributed by atoms with Crippen LogP contribution < -0.4 is 5.32 Å². The van der Waals surface area contributed by atoms with Gasteiger partial charge in [-0.1, -0.05) is 300 Å². The van der Waals surface area contributed by atoms with Crippen LogP contribution in [0.25, 0.3) is 0 Å². The number of nitrogens with one attached hydrogen (secondary N) is 1. The number of quaternary nitrogens is 1. The third-order valence-corrected chi connectivity index (χ3v) is 15.7. The monoisotopic (exact) mass is 1210 g/mol. The third kappa shape index (κ3) is 67.6. The van der Waals surface area contributed by atoms with Gasteiger partial charge >= 0.3 is 7.82 Å². The summed E-state index contributed by atoms with van der Waals surface area (Å²) in [5, 5.41) is 14.0. The summed E-state index contributed by atoms with van der Waals surface area (Å²) >= 11 is 0. The number of hydrogen-bond donors (Lipinski definition) is 3. The maximum atomic E-state index is 13.0. The molecular weight excluding hydrogens is 1080 g/mol. The van der Waals surface area contributed by atoms with Crippen molar-refractivity contribution in [3.05, 3.63) is 158 Å². The summed E-state index contributed by atoms with van der Waals surface area (Å²) < 4.78 is 23.8. The van der Waals surface area contributed by atoms with Gasteiger partial charge in [-0.25, -0.2) is 4.57 Å². The van der Waals surface area contributed by atoms with Crippen LogP contribution in [0.2, 0.25) is 0 Å². The Morgan fingerprint density at radius 3 is 1.07 bits per heavy atom. The van der Waals surface area contributed by atoms with Crippen molar-refractivity contribution in [3.63, 3.8) is 0 Å². The van der Waals surface area contributed by atoms with Crippen molar-refractivity contribution in [1.82, 2.24) is 5.32 Å². The molecule has 1 amide bonds. The Morgan fingerprint density at radius 1 is 0.407 bits per heavy atom. The van der Waals surface area contributed by atoms with Crippen LogP contribution in [0.3, 0.4) is 0 Å². The molecule has 3 atom stereocenters. The molecule has 0 bridgehead atoms. The average molecular weight is 1210 g/mol. The van der Waals surface area contributed by atoms with Crippen molar-refractivity contribution < 1.29 is 32.9 Å². The molecular formula is C77H132N2O6P+. The Morgan fingerprint density at radius 2 is 0.709 bits per heavy atom. The molecule has 0 fully saturated rings. The van der Waals surface area contributed by atoms with Crippen LogP contribution in [0.5, 0.6) is 0 Å². The fourth-order valence-corrected chi connectivity index (χ4v) is 10.1. The minimum atomic E-state index is -4.39. The number of carbonyl (C=O) groups is 1. The SMILES string of the molecule is CC/C=C\C/C=C\C/C=C\C/C=C\C/C=C\C/C=C\C/C=C\C/C=C\C/C=C\C/C=C\CCCCCCC(=O)NC(COP(=O)(O)OCC[N+](C)(C)C)C(O)/C=C/CC/C=C/CC/C=C/CCCCCCCCCCCCCCCCCCCCC. The molecule has 9 heteroatoms. The van der Waals surface area contributed by atoms with Crippen LogP contribution in [-0.2, 0) is 18.4 Å². The molecule has 8 nitrogen and oxygen atoms in total. The molecule has 0 spiro atoms. The standard InChI is InChI=1S/C77H131N2O6P/c1-6-8-10-12-14-16-18-20-22-24-26-28-30-32-34-36-37-38-39-40-41-43-45-47-49-51-53-55-57-59-61-63-65-67-69-71-77(81)78-75(74-85-86(82,83)84-73-72-79(3,4)5)76(80)70-68-66-64-62-60-58-56-54-52-50-48-46-44-42-35-33-31-29-27-25-23-21-19-17-15-13-11-9-7-2/h8,10,14,16,20,22,26,28,32,34,37-38,40-41,45,47,51-54,57,59-60,62,68,70,75-76,80H,6-7,9,11-13,15,17-19,21,23-25,27,29-31,33,35-36,39,42-44,46,48-50,55-56,58,61,63-67,69,71-74H2,1-5H3,(H-,78,81,82,83)/p+1/b10-8-,16-14-,22-20-,28-26-,34-32-,38-37-,41-40-,47-45-,53-51-,54-52+,59-57-,62-60+,70-68+. The number of amides is 1. The quantitative estimate of drug-likeness (QED) is 0.0243. The summed E-state index contributed by atoms with van der Waals surface area (Å²) in [4.78, 5) is 23.4. The van der Waals surface area contributed by atoms with Gasteiger partial charge < -0.3 is 19.8 Å². The normalized spacial score (nSPS) is 14.6. The Balaban J connectivity index is 4.28. The fourth-order valence-electron chi connectivity index (χ4n) is 9.34. The summed E-state index contributed by atoms with van der Waals surface area (Å²) in [6.07, 6.45) is 102. The van der Waals surface area contributed by atoms with Crippen LogP contribution in [0.1, 0.15) is 271 Å². The lowest BCUT2D eigenvalue weighted by atomic mass is 10.0. The van der Waals surface area contributed by atoms with Crippen molar-refractivity contribution >= 4 is 13.7 Å². The lowest BCUT2D eigenvalue weighted by Crippen LogP contribution is -2.45. The van der Waals surface area contributed by atoms with Crippen molar-refractivity contribution in [2.75, 3.05) is 40.9 Å². The minimum Gasteiger partial charge on any atom is -0.387 e. The Bertz CT molecular complexity index is 1960. The maximum Gasteiger partial charge on any atom is 0.472 e. The molecule has 0 heterocycles.